The topological polar surface area (TPSA) is 48.0 Å². The largest absolute Gasteiger partial charge is 0.508 e. The van der Waals surface area contributed by atoms with Crippen LogP contribution in [0.15, 0.2) is 24.4 Å². The maximum atomic E-state index is 9.60. The lowest BCUT2D eigenvalue weighted by molar-refractivity contribution is 0.463. The van der Waals surface area contributed by atoms with Crippen LogP contribution in [0.3, 0.4) is 0 Å². The summed E-state index contributed by atoms with van der Waals surface area (Å²) in [4.78, 5) is 3.27. The van der Waals surface area contributed by atoms with E-state index in [4.69, 9.17) is 0 Å². The average Bonchev–Trinajstić information content (AvgIpc) is 2.68. The first-order valence-electron chi connectivity index (χ1n) is 7.85. The van der Waals surface area contributed by atoms with Gasteiger partial charge in [0.05, 0.1) is 0 Å². The smallest absolute Gasteiger partial charge is 0.116 e. The molecule has 0 amide bonds. The zero-order valence-electron chi connectivity index (χ0n) is 12.0. The predicted molar refractivity (Wildman–Crippen MR) is 83.2 cm³/mol. The molecule has 0 saturated heterocycles. The zero-order valence-corrected chi connectivity index (χ0v) is 12.0. The molecule has 3 heteroatoms. The third-order valence-corrected chi connectivity index (χ3v) is 4.43. The number of phenolic OH excluding ortho intramolecular Hbond substituents is 1. The first-order chi connectivity index (χ1) is 9.83. The van der Waals surface area contributed by atoms with E-state index < -0.39 is 0 Å². The first kappa shape index (κ1) is 13.5. The number of hydrogen-bond acceptors (Lipinski definition) is 2. The molecule has 0 bridgehead atoms. The Hall–Kier alpha value is -1.48. The number of aromatic hydroxyl groups is 1. The van der Waals surface area contributed by atoms with Gasteiger partial charge >= 0.3 is 0 Å². The van der Waals surface area contributed by atoms with Gasteiger partial charge in [0.15, 0.2) is 0 Å². The number of aromatic amines is 1. The monoisotopic (exact) mass is 272 g/mol. The Kier molecular flexibility index (Phi) is 4.26. The van der Waals surface area contributed by atoms with E-state index in [1.807, 2.05) is 12.1 Å². The van der Waals surface area contributed by atoms with E-state index in [2.05, 4.69) is 16.5 Å². The van der Waals surface area contributed by atoms with Gasteiger partial charge in [0.25, 0.3) is 0 Å². The highest BCUT2D eigenvalue weighted by Crippen LogP contribution is 2.23. The maximum Gasteiger partial charge on any atom is 0.116 e. The molecule has 2 aromatic rings. The van der Waals surface area contributed by atoms with Crippen LogP contribution in [0.25, 0.3) is 10.9 Å². The van der Waals surface area contributed by atoms with Gasteiger partial charge in [0.1, 0.15) is 5.75 Å². The van der Waals surface area contributed by atoms with Crippen LogP contribution < -0.4 is 5.32 Å². The second-order valence-electron chi connectivity index (χ2n) is 5.94. The molecule has 1 saturated carbocycles. The van der Waals surface area contributed by atoms with Crippen molar-refractivity contribution in [2.75, 3.05) is 6.54 Å². The molecule has 0 radical (unpaired) electrons. The van der Waals surface area contributed by atoms with E-state index in [-0.39, 0.29) is 0 Å². The maximum absolute atomic E-state index is 9.60. The SMILES string of the molecule is Oc1ccc2[nH]cc(CCNC3CCCCCC3)c2c1. The fourth-order valence-electron chi connectivity index (χ4n) is 3.27. The number of rotatable bonds is 4. The fraction of sp³-hybridized carbons (Fsp3) is 0.529. The summed E-state index contributed by atoms with van der Waals surface area (Å²) in [5, 5.41) is 14.5. The second kappa shape index (κ2) is 6.31. The average molecular weight is 272 g/mol. The number of nitrogens with one attached hydrogen (secondary N) is 2. The number of benzene rings is 1. The minimum atomic E-state index is 0.343. The van der Waals surface area contributed by atoms with Crippen LogP contribution in [0.4, 0.5) is 0 Å². The lowest BCUT2D eigenvalue weighted by Gasteiger charge is -2.15. The molecule has 0 unspecified atom stereocenters. The Bertz CT molecular complexity index is 553. The Morgan fingerprint density at radius 1 is 1.15 bits per heavy atom. The third-order valence-electron chi connectivity index (χ3n) is 4.43. The molecule has 3 nitrogen and oxygen atoms in total. The number of hydrogen-bond donors (Lipinski definition) is 3. The molecular formula is C17H24N2O. The van der Waals surface area contributed by atoms with Crippen molar-refractivity contribution in [2.45, 2.75) is 51.0 Å². The van der Waals surface area contributed by atoms with E-state index in [9.17, 15) is 5.11 Å². The van der Waals surface area contributed by atoms with E-state index in [0.29, 0.717) is 11.8 Å². The van der Waals surface area contributed by atoms with Crippen LogP contribution in [0.1, 0.15) is 44.1 Å². The van der Waals surface area contributed by atoms with Gasteiger partial charge < -0.3 is 15.4 Å². The molecule has 0 aliphatic heterocycles. The molecule has 1 aromatic carbocycles. The lowest BCUT2D eigenvalue weighted by Crippen LogP contribution is -2.30. The number of fused-ring (bicyclic) bond motifs is 1. The quantitative estimate of drug-likeness (QED) is 0.743. The van der Waals surface area contributed by atoms with Crippen LogP contribution in [0.5, 0.6) is 5.75 Å². The van der Waals surface area contributed by atoms with Crippen molar-refractivity contribution in [3.8, 4) is 5.75 Å². The summed E-state index contributed by atoms with van der Waals surface area (Å²) in [7, 11) is 0. The van der Waals surface area contributed by atoms with Gasteiger partial charge in [-0.25, -0.2) is 0 Å². The molecule has 1 fully saturated rings. The molecule has 1 aliphatic rings. The second-order valence-corrected chi connectivity index (χ2v) is 5.94. The molecular weight excluding hydrogens is 248 g/mol. The highest BCUT2D eigenvalue weighted by Gasteiger charge is 2.11. The van der Waals surface area contributed by atoms with Gasteiger partial charge in [-0.15, -0.1) is 0 Å². The Balaban J connectivity index is 1.58. The molecule has 20 heavy (non-hydrogen) atoms. The van der Waals surface area contributed by atoms with Gasteiger partial charge in [0, 0.05) is 23.1 Å². The van der Waals surface area contributed by atoms with Crippen LogP contribution in [-0.2, 0) is 6.42 Å². The summed E-state index contributed by atoms with van der Waals surface area (Å²) in [6.07, 6.45) is 11.3. The number of aromatic nitrogens is 1. The van der Waals surface area contributed by atoms with Gasteiger partial charge in [-0.05, 0) is 49.6 Å². The Morgan fingerprint density at radius 2 is 1.95 bits per heavy atom. The van der Waals surface area contributed by atoms with Crippen molar-refractivity contribution in [2.24, 2.45) is 0 Å². The van der Waals surface area contributed by atoms with Gasteiger partial charge in [-0.2, -0.15) is 0 Å². The van der Waals surface area contributed by atoms with Crippen LogP contribution >= 0.6 is 0 Å². The minimum absolute atomic E-state index is 0.343. The number of H-pyrrole nitrogens is 1. The molecule has 0 atom stereocenters. The van der Waals surface area contributed by atoms with Crippen LogP contribution in [0.2, 0.25) is 0 Å². The summed E-state index contributed by atoms with van der Waals surface area (Å²) >= 11 is 0. The molecule has 1 heterocycles. The van der Waals surface area contributed by atoms with Crippen LogP contribution in [0, 0.1) is 0 Å². The van der Waals surface area contributed by atoms with Crippen molar-refractivity contribution in [1.29, 1.82) is 0 Å². The van der Waals surface area contributed by atoms with Crippen molar-refractivity contribution < 1.29 is 5.11 Å². The normalized spacial score (nSPS) is 17.4. The summed E-state index contributed by atoms with van der Waals surface area (Å²) in [6, 6.07) is 6.22. The molecule has 108 valence electrons. The Labute approximate surface area is 120 Å². The molecule has 0 spiro atoms. The lowest BCUT2D eigenvalue weighted by atomic mass is 10.1. The summed E-state index contributed by atoms with van der Waals surface area (Å²) in [5.74, 6) is 0.343. The molecule has 3 rings (SSSR count). The van der Waals surface area contributed by atoms with Crippen molar-refractivity contribution in [1.82, 2.24) is 10.3 Å². The van der Waals surface area contributed by atoms with Gasteiger partial charge in [-0.1, -0.05) is 25.7 Å². The van der Waals surface area contributed by atoms with Crippen LogP contribution in [-0.4, -0.2) is 22.7 Å². The van der Waals surface area contributed by atoms with Crippen molar-refractivity contribution >= 4 is 10.9 Å². The van der Waals surface area contributed by atoms with Crippen molar-refractivity contribution in [3.63, 3.8) is 0 Å². The zero-order chi connectivity index (χ0) is 13.8. The van der Waals surface area contributed by atoms with E-state index >= 15 is 0 Å². The number of phenols is 1. The fourth-order valence-corrected chi connectivity index (χ4v) is 3.27. The summed E-state index contributed by atoms with van der Waals surface area (Å²) in [5.41, 5.74) is 2.39. The molecule has 3 N–H and O–H groups in total. The van der Waals surface area contributed by atoms with Gasteiger partial charge in [-0.3, -0.25) is 0 Å². The highest BCUT2D eigenvalue weighted by atomic mass is 16.3. The van der Waals surface area contributed by atoms with E-state index in [0.717, 1.165) is 23.9 Å². The summed E-state index contributed by atoms with van der Waals surface area (Å²) in [6.45, 7) is 1.02. The first-order valence-corrected chi connectivity index (χ1v) is 7.85. The molecule has 1 aromatic heterocycles. The van der Waals surface area contributed by atoms with E-state index in [1.54, 1.807) is 6.07 Å². The van der Waals surface area contributed by atoms with E-state index in [1.165, 1.54) is 44.1 Å². The third kappa shape index (κ3) is 3.15. The van der Waals surface area contributed by atoms with Gasteiger partial charge in [0.2, 0.25) is 0 Å². The minimum Gasteiger partial charge on any atom is -0.508 e. The Morgan fingerprint density at radius 3 is 2.75 bits per heavy atom. The molecule has 1 aliphatic carbocycles. The highest BCUT2D eigenvalue weighted by molar-refractivity contribution is 5.84. The predicted octanol–water partition coefficient (Wildman–Crippen LogP) is 3.73. The standard InChI is InChI=1S/C17H24N2O/c20-15-7-8-17-16(11-15)13(12-19-17)9-10-18-14-5-3-1-2-4-6-14/h7-8,11-12,14,18-20H,1-6,9-10H2. The summed E-state index contributed by atoms with van der Waals surface area (Å²) < 4.78 is 0. The van der Waals surface area contributed by atoms with Crippen molar-refractivity contribution in [3.05, 3.63) is 30.0 Å².